The van der Waals surface area contributed by atoms with Crippen LogP contribution in [0.4, 0.5) is 5.69 Å². The Morgan fingerprint density at radius 3 is 2.09 bits per heavy atom. The first-order valence-electron chi connectivity index (χ1n) is 11.3. The molecular weight excluding hydrogens is 410 g/mol. The van der Waals surface area contributed by atoms with Crippen LogP contribution >= 0.6 is 0 Å². The summed E-state index contributed by atoms with van der Waals surface area (Å²) in [6.07, 6.45) is 4.34. The van der Waals surface area contributed by atoms with Crippen LogP contribution < -0.4 is 5.32 Å². The van der Waals surface area contributed by atoms with Gasteiger partial charge in [-0.05, 0) is 17.7 Å². The van der Waals surface area contributed by atoms with E-state index in [0.717, 1.165) is 32.7 Å². The van der Waals surface area contributed by atoms with Crippen molar-refractivity contribution in [3.8, 4) is 0 Å². The number of nitrogens with zero attached hydrogens (tertiary/aromatic N) is 2. The molecule has 0 spiro atoms. The van der Waals surface area contributed by atoms with Crippen molar-refractivity contribution in [2.75, 3.05) is 44.6 Å². The number of nitrogens with one attached hydrogen (secondary N) is 1. The minimum absolute atomic E-state index is 0.0938. The van der Waals surface area contributed by atoms with Gasteiger partial charge in [0.25, 0.3) is 0 Å². The average molecular weight is 440 g/mol. The first-order valence-corrected chi connectivity index (χ1v) is 11.3. The zero-order valence-electron chi connectivity index (χ0n) is 18.7. The normalized spacial score (nSPS) is 14.9. The van der Waals surface area contributed by atoms with E-state index in [4.69, 9.17) is 0 Å². The molecule has 1 fully saturated rings. The summed E-state index contributed by atoms with van der Waals surface area (Å²) in [5.41, 5.74) is 2.88. The highest BCUT2D eigenvalue weighted by molar-refractivity contribution is 6.13. The molecule has 1 aliphatic rings. The standard InChI is InChI=1S/C28H29N3O2/c32-27(29-26-16-8-7-15-25(26)28(33)24-13-5-2-6-14-24)22-31-20-18-30(19-21-31)17-9-12-23-10-3-1-4-11-23/h1-16H,17-22H2,(H,29,32)/b12-9+. The second-order valence-electron chi connectivity index (χ2n) is 8.18. The molecule has 0 aliphatic carbocycles. The molecule has 0 aromatic heterocycles. The van der Waals surface area contributed by atoms with Gasteiger partial charge in [-0.25, -0.2) is 0 Å². The van der Waals surface area contributed by atoms with Gasteiger partial charge in [-0.3, -0.25) is 19.4 Å². The van der Waals surface area contributed by atoms with Gasteiger partial charge in [-0.2, -0.15) is 0 Å². The Kier molecular flexibility index (Phi) is 7.80. The van der Waals surface area contributed by atoms with Gasteiger partial charge in [0, 0.05) is 43.9 Å². The monoisotopic (exact) mass is 439 g/mol. The van der Waals surface area contributed by atoms with Crippen LogP contribution in [0.1, 0.15) is 21.5 Å². The second-order valence-corrected chi connectivity index (χ2v) is 8.18. The Labute approximate surface area is 195 Å². The molecule has 3 aromatic rings. The van der Waals surface area contributed by atoms with Crippen molar-refractivity contribution in [3.05, 3.63) is 108 Å². The van der Waals surface area contributed by atoms with E-state index in [2.05, 4.69) is 39.4 Å². The van der Waals surface area contributed by atoms with E-state index in [-0.39, 0.29) is 11.7 Å². The number of benzene rings is 3. The predicted octanol–water partition coefficient (Wildman–Crippen LogP) is 4.19. The number of hydrogen-bond acceptors (Lipinski definition) is 4. The molecule has 0 bridgehead atoms. The molecule has 1 saturated heterocycles. The lowest BCUT2D eigenvalue weighted by atomic mass is 10.0. The number of amides is 1. The number of piperazine rings is 1. The van der Waals surface area contributed by atoms with E-state index < -0.39 is 0 Å². The fraction of sp³-hybridized carbons (Fsp3) is 0.214. The van der Waals surface area contributed by atoms with Gasteiger partial charge >= 0.3 is 0 Å². The van der Waals surface area contributed by atoms with Crippen molar-refractivity contribution < 1.29 is 9.59 Å². The van der Waals surface area contributed by atoms with Crippen LogP contribution in [0.5, 0.6) is 0 Å². The highest BCUT2D eigenvalue weighted by Gasteiger charge is 2.20. The third-order valence-corrected chi connectivity index (χ3v) is 5.79. The zero-order chi connectivity index (χ0) is 22.9. The smallest absolute Gasteiger partial charge is 0.238 e. The fourth-order valence-electron chi connectivity index (χ4n) is 3.96. The van der Waals surface area contributed by atoms with Gasteiger partial charge in [0.2, 0.25) is 5.91 Å². The summed E-state index contributed by atoms with van der Waals surface area (Å²) in [4.78, 5) is 30.1. The third-order valence-electron chi connectivity index (χ3n) is 5.79. The minimum Gasteiger partial charge on any atom is -0.324 e. The number of carbonyl (C=O) groups is 2. The summed E-state index contributed by atoms with van der Waals surface area (Å²) < 4.78 is 0. The Balaban J connectivity index is 1.26. The third kappa shape index (κ3) is 6.48. The van der Waals surface area contributed by atoms with E-state index in [1.165, 1.54) is 5.56 Å². The van der Waals surface area contributed by atoms with E-state index in [1.54, 1.807) is 24.3 Å². The van der Waals surface area contributed by atoms with Crippen molar-refractivity contribution in [1.29, 1.82) is 0 Å². The summed E-state index contributed by atoms with van der Waals surface area (Å²) in [5, 5.41) is 2.95. The largest absolute Gasteiger partial charge is 0.324 e. The molecule has 0 radical (unpaired) electrons. The molecule has 1 heterocycles. The highest BCUT2D eigenvalue weighted by atomic mass is 16.2. The molecule has 1 aliphatic heterocycles. The van der Waals surface area contributed by atoms with E-state index in [1.807, 2.05) is 48.5 Å². The molecule has 168 valence electrons. The van der Waals surface area contributed by atoms with Crippen LogP contribution in [0, 0.1) is 0 Å². The van der Waals surface area contributed by atoms with Crippen LogP contribution in [0.15, 0.2) is 91.0 Å². The first kappa shape index (κ1) is 22.6. The van der Waals surface area contributed by atoms with Crippen LogP contribution in [0.25, 0.3) is 6.08 Å². The molecule has 0 unspecified atom stereocenters. The van der Waals surface area contributed by atoms with Gasteiger partial charge in [0.05, 0.1) is 12.2 Å². The van der Waals surface area contributed by atoms with Gasteiger partial charge in [0.15, 0.2) is 5.78 Å². The Morgan fingerprint density at radius 2 is 1.36 bits per heavy atom. The van der Waals surface area contributed by atoms with Crippen molar-refractivity contribution >= 4 is 23.5 Å². The Morgan fingerprint density at radius 1 is 0.758 bits per heavy atom. The SMILES string of the molecule is O=C(CN1CCN(C/C=C/c2ccccc2)CC1)Nc1ccccc1C(=O)c1ccccc1. The molecule has 33 heavy (non-hydrogen) atoms. The number of para-hydroxylation sites is 1. The topological polar surface area (TPSA) is 52.7 Å². The van der Waals surface area contributed by atoms with Gasteiger partial charge in [0.1, 0.15) is 0 Å². The van der Waals surface area contributed by atoms with Crippen molar-refractivity contribution in [1.82, 2.24) is 9.80 Å². The van der Waals surface area contributed by atoms with Crippen molar-refractivity contribution in [3.63, 3.8) is 0 Å². The molecule has 5 nitrogen and oxygen atoms in total. The van der Waals surface area contributed by atoms with Gasteiger partial charge in [-0.15, -0.1) is 0 Å². The van der Waals surface area contributed by atoms with Gasteiger partial charge < -0.3 is 5.32 Å². The molecule has 0 atom stereocenters. The highest BCUT2D eigenvalue weighted by Crippen LogP contribution is 2.19. The van der Waals surface area contributed by atoms with E-state index in [9.17, 15) is 9.59 Å². The number of anilines is 1. The number of ketones is 1. The van der Waals surface area contributed by atoms with Crippen molar-refractivity contribution in [2.24, 2.45) is 0 Å². The van der Waals surface area contributed by atoms with Crippen LogP contribution in [0.3, 0.4) is 0 Å². The summed E-state index contributed by atoms with van der Waals surface area (Å²) in [7, 11) is 0. The number of hydrogen-bond donors (Lipinski definition) is 1. The lowest BCUT2D eigenvalue weighted by Gasteiger charge is -2.33. The minimum atomic E-state index is -0.0965. The van der Waals surface area contributed by atoms with E-state index in [0.29, 0.717) is 23.4 Å². The maximum absolute atomic E-state index is 12.9. The molecule has 1 N–H and O–H groups in total. The average Bonchev–Trinajstić information content (AvgIpc) is 2.86. The van der Waals surface area contributed by atoms with Crippen LogP contribution in [-0.4, -0.2) is 60.8 Å². The maximum Gasteiger partial charge on any atom is 0.238 e. The summed E-state index contributed by atoms with van der Waals surface area (Å²) >= 11 is 0. The second kappa shape index (κ2) is 11.4. The summed E-state index contributed by atoms with van der Waals surface area (Å²) in [6.45, 7) is 4.77. The summed E-state index contributed by atoms with van der Waals surface area (Å²) in [5.74, 6) is -0.190. The zero-order valence-corrected chi connectivity index (χ0v) is 18.7. The van der Waals surface area contributed by atoms with Gasteiger partial charge in [-0.1, -0.05) is 84.9 Å². The van der Waals surface area contributed by atoms with E-state index >= 15 is 0 Å². The Bertz CT molecular complexity index is 1090. The predicted molar refractivity (Wildman–Crippen MR) is 133 cm³/mol. The maximum atomic E-state index is 12.9. The Hall–Kier alpha value is -3.54. The lowest BCUT2D eigenvalue weighted by Crippen LogP contribution is -2.48. The molecule has 5 heteroatoms. The molecule has 4 rings (SSSR count). The first-order chi connectivity index (χ1) is 16.2. The molecular formula is C28H29N3O2. The van der Waals surface area contributed by atoms with Crippen LogP contribution in [-0.2, 0) is 4.79 Å². The molecule has 1 amide bonds. The fourth-order valence-corrected chi connectivity index (χ4v) is 3.96. The number of carbonyl (C=O) groups excluding carboxylic acids is 2. The quantitative estimate of drug-likeness (QED) is 0.535. The lowest BCUT2D eigenvalue weighted by molar-refractivity contribution is -0.117. The molecule has 0 saturated carbocycles. The summed E-state index contributed by atoms with van der Waals surface area (Å²) in [6, 6.07) is 26.6. The number of rotatable bonds is 8. The molecule has 3 aromatic carbocycles. The van der Waals surface area contributed by atoms with Crippen molar-refractivity contribution in [2.45, 2.75) is 0 Å². The van der Waals surface area contributed by atoms with Crippen LogP contribution in [0.2, 0.25) is 0 Å².